The highest BCUT2D eigenvalue weighted by molar-refractivity contribution is 7.18. The number of benzene rings is 2. The zero-order valence-corrected chi connectivity index (χ0v) is 21.6. The summed E-state index contributed by atoms with van der Waals surface area (Å²) in [5.41, 5.74) is 4.52. The Hall–Kier alpha value is -2.71. The third-order valence-corrected chi connectivity index (χ3v) is 7.59. The number of anilines is 1. The van der Waals surface area contributed by atoms with Gasteiger partial charge in [0.15, 0.2) is 0 Å². The molecule has 1 unspecified atom stereocenters. The van der Waals surface area contributed by atoms with Gasteiger partial charge in [-0.25, -0.2) is 4.84 Å². The highest BCUT2D eigenvalue weighted by Crippen LogP contribution is 2.24. The van der Waals surface area contributed by atoms with Crippen molar-refractivity contribution >= 4 is 40.4 Å². The van der Waals surface area contributed by atoms with E-state index in [0.717, 1.165) is 38.0 Å². The van der Waals surface area contributed by atoms with Gasteiger partial charge in [-0.05, 0) is 47.9 Å². The number of hydrogen-bond donors (Lipinski definition) is 2. The lowest BCUT2D eigenvalue weighted by Crippen LogP contribution is -2.46. The number of hydrogen-bond acceptors (Lipinski definition) is 4. The van der Waals surface area contributed by atoms with Crippen LogP contribution in [0.3, 0.4) is 0 Å². The van der Waals surface area contributed by atoms with E-state index in [1.807, 2.05) is 18.2 Å². The van der Waals surface area contributed by atoms with Crippen LogP contribution in [0.25, 0.3) is 0 Å². The average molecular weight is 513 g/mol. The lowest BCUT2D eigenvalue weighted by Gasteiger charge is -2.30. The molecule has 2 N–H and O–H groups in total. The van der Waals surface area contributed by atoms with Crippen LogP contribution in [0.15, 0.2) is 60.7 Å². The molecule has 8 heteroatoms. The van der Waals surface area contributed by atoms with E-state index in [0.29, 0.717) is 20.5 Å². The van der Waals surface area contributed by atoms with Gasteiger partial charge in [0.2, 0.25) is 5.91 Å². The Morgan fingerprint density at radius 1 is 1.06 bits per heavy atom. The van der Waals surface area contributed by atoms with Gasteiger partial charge in [0.25, 0.3) is 5.91 Å². The molecule has 4 rings (SSSR count). The molecule has 184 valence electrons. The van der Waals surface area contributed by atoms with Crippen LogP contribution in [0, 0.1) is 0 Å². The zero-order valence-electron chi connectivity index (χ0n) is 20.1. The number of carbonyl (C=O) groups excluding carboxylic acids is 2. The third-order valence-electron chi connectivity index (χ3n) is 6.36. The number of likely N-dealkylation sites (N-methyl/N-ethyl adjacent to an activating group) is 1. The molecule has 1 aliphatic heterocycles. The molecule has 0 fully saturated rings. The van der Waals surface area contributed by atoms with Crippen molar-refractivity contribution in [2.75, 3.05) is 32.1 Å². The minimum atomic E-state index is -0.680. The van der Waals surface area contributed by atoms with Crippen LogP contribution in [0.5, 0.6) is 0 Å². The molecular weight excluding hydrogens is 482 g/mol. The van der Waals surface area contributed by atoms with E-state index in [1.165, 1.54) is 28.0 Å². The van der Waals surface area contributed by atoms with Crippen LogP contribution in [-0.4, -0.2) is 49.2 Å². The smallest absolute Gasteiger partial charge is 0.262 e. The molecule has 0 spiro atoms. The van der Waals surface area contributed by atoms with Gasteiger partial charge in [-0.3, -0.25) is 9.59 Å². The number of rotatable bonds is 8. The molecule has 0 aliphatic carbocycles. The summed E-state index contributed by atoms with van der Waals surface area (Å²) in [5.74, 6) is -0.574. The topological polar surface area (TPSA) is 67.4 Å². The fourth-order valence-corrected chi connectivity index (χ4v) is 5.13. The molecule has 2 aromatic carbocycles. The summed E-state index contributed by atoms with van der Waals surface area (Å²) >= 11 is 7.08. The molecule has 35 heavy (non-hydrogen) atoms. The molecule has 2 amide bonds. The van der Waals surface area contributed by atoms with Gasteiger partial charge in [0, 0.05) is 24.9 Å². The summed E-state index contributed by atoms with van der Waals surface area (Å²) in [7, 11) is 2.14. The predicted octanol–water partition coefficient (Wildman–Crippen LogP) is 4.88. The predicted molar refractivity (Wildman–Crippen MR) is 141 cm³/mol. The van der Waals surface area contributed by atoms with Gasteiger partial charge >= 0.3 is 0 Å². The second kappa shape index (κ2) is 11.4. The fourth-order valence-electron chi connectivity index (χ4n) is 4.18. The van der Waals surface area contributed by atoms with E-state index in [2.05, 4.69) is 48.0 Å². The summed E-state index contributed by atoms with van der Waals surface area (Å²) in [6.45, 7) is 4.12. The Balaban J connectivity index is 1.31. The number of quaternary nitrogens is 1. The molecule has 0 bridgehead atoms. The first kappa shape index (κ1) is 25.4. The number of nitrogens with zero attached hydrogens (tertiary/aromatic N) is 1. The summed E-state index contributed by atoms with van der Waals surface area (Å²) in [6, 6.07) is 19.1. The molecule has 0 radical (unpaired) electrons. The van der Waals surface area contributed by atoms with E-state index in [9.17, 15) is 9.59 Å². The van der Waals surface area contributed by atoms with Crippen LogP contribution in [0.2, 0.25) is 4.34 Å². The number of halogens is 1. The molecule has 2 heterocycles. The van der Waals surface area contributed by atoms with Crippen molar-refractivity contribution in [2.45, 2.75) is 32.2 Å². The molecule has 1 aromatic heterocycles. The third kappa shape index (κ3) is 6.92. The Morgan fingerprint density at radius 2 is 1.80 bits per heavy atom. The molecular formula is C27H31ClN3O3S+. The maximum Gasteiger partial charge on any atom is 0.262 e. The summed E-state index contributed by atoms with van der Waals surface area (Å²) < 4.78 is 1.10. The highest BCUT2D eigenvalue weighted by Gasteiger charge is 2.28. The van der Waals surface area contributed by atoms with Crippen molar-refractivity contribution in [1.29, 1.82) is 0 Å². The van der Waals surface area contributed by atoms with Gasteiger partial charge in [0.1, 0.15) is 25.7 Å². The van der Waals surface area contributed by atoms with Crippen LogP contribution in [0.1, 0.15) is 33.3 Å². The molecule has 1 aliphatic rings. The summed E-state index contributed by atoms with van der Waals surface area (Å²) in [5, 5.41) is 5.66. The van der Waals surface area contributed by atoms with Crippen LogP contribution < -0.4 is 10.6 Å². The SMILES string of the molecule is CC(NC(=O)c1ccc(Cl)s1)C(=O)Nc1ccc2c(c1)CC[N@+](C)(OCCc1ccccc1)CC2. The van der Waals surface area contributed by atoms with E-state index in [-0.39, 0.29) is 11.8 Å². The Labute approximate surface area is 215 Å². The van der Waals surface area contributed by atoms with E-state index in [4.69, 9.17) is 16.4 Å². The normalized spacial score (nSPS) is 18.3. The number of fused-ring (bicyclic) bond motifs is 1. The van der Waals surface area contributed by atoms with Gasteiger partial charge in [-0.15, -0.1) is 11.3 Å². The number of hydroxylamine groups is 3. The lowest BCUT2D eigenvalue weighted by molar-refractivity contribution is -1.09. The van der Waals surface area contributed by atoms with Crippen molar-refractivity contribution in [1.82, 2.24) is 5.32 Å². The number of carbonyl (C=O) groups is 2. The number of thiophene rings is 1. The maximum atomic E-state index is 12.7. The first-order valence-electron chi connectivity index (χ1n) is 11.8. The van der Waals surface area contributed by atoms with Crippen LogP contribution in [0.4, 0.5) is 5.69 Å². The minimum Gasteiger partial charge on any atom is -0.340 e. The van der Waals surface area contributed by atoms with Gasteiger partial charge < -0.3 is 10.6 Å². The first-order valence-corrected chi connectivity index (χ1v) is 13.0. The standard InChI is InChI=1S/C27H30ClN3O3S/c1-19(29-27(33)24-10-11-25(28)35-24)26(32)30-23-9-8-21-12-15-31(2,16-13-22(21)18-23)34-17-14-20-6-4-3-5-7-20/h3-11,18-19H,12-17H2,1-2H3,(H-,29,30,32,33)/p+1/t19?,31-/m1/s1. The van der Waals surface area contributed by atoms with Gasteiger partial charge in [0.05, 0.1) is 16.3 Å². The summed E-state index contributed by atoms with van der Waals surface area (Å²) in [6.07, 6.45) is 2.68. The first-order chi connectivity index (χ1) is 16.8. The molecule has 3 aromatic rings. The monoisotopic (exact) mass is 512 g/mol. The van der Waals surface area contributed by atoms with E-state index >= 15 is 0 Å². The van der Waals surface area contributed by atoms with Crippen molar-refractivity contribution < 1.29 is 19.1 Å². The fraction of sp³-hybridized carbons (Fsp3) is 0.333. The van der Waals surface area contributed by atoms with Crippen molar-refractivity contribution in [3.8, 4) is 0 Å². The van der Waals surface area contributed by atoms with E-state index in [1.54, 1.807) is 19.1 Å². The molecule has 2 atom stereocenters. The van der Waals surface area contributed by atoms with Crippen molar-refractivity contribution in [3.05, 3.63) is 86.6 Å². The lowest BCUT2D eigenvalue weighted by atomic mass is 10.0. The van der Waals surface area contributed by atoms with E-state index < -0.39 is 6.04 Å². The number of nitrogens with one attached hydrogen (secondary N) is 2. The Kier molecular flexibility index (Phi) is 8.23. The van der Waals surface area contributed by atoms with Crippen LogP contribution in [-0.2, 0) is 28.9 Å². The van der Waals surface area contributed by atoms with Gasteiger partial charge in [-0.1, -0.05) is 48.0 Å². The summed E-state index contributed by atoms with van der Waals surface area (Å²) in [4.78, 5) is 31.8. The maximum absolute atomic E-state index is 12.7. The van der Waals surface area contributed by atoms with Crippen molar-refractivity contribution in [3.63, 3.8) is 0 Å². The Morgan fingerprint density at radius 3 is 2.51 bits per heavy atom. The molecule has 6 nitrogen and oxygen atoms in total. The van der Waals surface area contributed by atoms with Crippen LogP contribution >= 0.6 is 22.9 Å². The highest BCUT2D eigenvalue weighted by atomic mass is 35.5. The van der Waals surface area contributed by atoms with Crippen molar-refractivity contribution in [2.24, 2.45) is 0 Å². The molecule has 0 saturated heterocycles. The number of amides is 2. The largest absolute Gasteiger partial charge is 0.340 e. The second-order valence-corrected chi connectivity index (χ2v) is 10.8. The zero-order chi connectivity index (χ0) is 24.8. The Bertz CT molecular complexity index is 1180. The second-order valence-electron chi connectivity index (χ2n) is 9.08. The molecule has 0 saturated carbocycles. The van der Waals surface area contributed by atoms with Gasteiger partial charge in [-0.2, -0.15) is 4.65 Å². The quantitative estimate of drug-likeness (QED) is 0.423. The average Bonchev–Trinajstić information content (AvgIpc) is 3.22. The minimum absolute atomic E-state index is 0.264.